The second-order valence-corrected chi connectivity index (χ2v) is 9.12. The summed E-state index contributed by atoms with van der Waals surface area (Å²) in [5, 5.41) is 9.85. The van der Waals surface area contributed by atoms with Crippen LogP contribution in [0.5, 0.6) is 0 Å². The SMILES string of the molecule is COCCCc1sc(C(F)(F)F)nc1C(=N)OC(N)=N[C@H]1N=C(c2ccccc2)c2ccccc2NC1=O. The number of fused-ring (bicyclic) bond motifs is 1. The lowest BCUT2D eigenvalue weighted by molar-refractivity contribution is -0.137. The van der Waals surface area contributed by atoms with Crippen LogP contribution in [0.15, 0.2) is 64.6 Å². The van der Waals surface area contributed by atoms with E-state index in [9.17, 15) is 18.0 Å². The van der Waals surface area contributed by atoms with E-state index in [4.69, 9.17) is 20.6 Å². The Morgan fingerprint density at radius 2 is 1.89 bits per heavy atom. The number of amidine groups is 1. The average Bonchev–Trinajstić information content (AvgIpc) is 3.27. The van der Waals surface area contributed by atoms with Gasteiger partial charge in [0.05, 0.1) is 11.4 Å². The van der Waals surface area contributed by atoms with Gasteiger partial charge in [0.25, 0.3) is 11.9 Å². The Bertz CT molecular complexity index is 1390. The van der Waals surface area contributed by atoms with Crippen LogP contribution < -0.4 is 11.1 Å². The van der Waals surface area contributed by atoms with Gasteiger partial charge in [-0.2, -0.15) is 18.2 Å². The number of benzodiazepines with no additional fused rings is 1. The standard InChI is InChI=1S/C25H23F3N6O3S/c1-36-13-7-12-17-19(33-23(38-17)25(26,27)28)20(29)37-24(30)34-21-22(35)31-16-11-6-5-10-15(16)18(32-21)14-8-3-2-4-9-14/h2-6,8-11,21,29H,7,12-13H2,1H3,(H2,30,34)(H,31,35)/t21-/m1/s1. The van der Waals surface area contributed by atoms with E-state index >= 15 is 0 Å². The van der Waals surface area contributed by atoms with E-state index in [1.165, 1.54) is 7.11 Å². The van der Waals surface area contributed by atoms with E-state index in [1.807, 2.05) is 30.3 Å². The number of nitrogens with one attached hydrogen (secondary N) is 2. The van der Waals surface area contributed by atoms with Gasteiger partial charge in [-0.1, -0.05) is 48.5 Å². The van der Waals surface area contributed by atoms with Crippen molar-refractivity contribution < 1.29 is 27.4 Å². The van der Waals surface area contributed by atoms with Crippen molar-refractivity contribution >= 4 is 40.6 Å². The second-order valence-electron chi connectivity index (χ2n) is 8.04. The van der Waals surface area contributed by atoms with Crippen molar-refractivity contribution in [1.82, 2.24) is 4.98 Å². The van der Waals surface area contributed by atoms with Crippen LogP contribution in [0.3, 0.4) is 0 Å². The van der Waals surface area contributed by atoms with E-state index in [0.29, 0.717) is 41.3 Å². The number of ether oxygens (including phenoxy) is 2. The number of anilines is 1. The Morgan fingerprint density at radius 3 is 2.61 bits per heavy atom. The highest BCUT2D eigenvalue weighted by Crippen LogP contribution is 2.35. The van der Waals surface area contributed by atoms with Crippen LogP contribution in [0, 0.1) is 5.41 Å². The van der Waals surface area contributed by atoms with Gasteiger partial charge < -0.3 is 20.5 Å². The summed E-state index contributed by atoms with van der Waals surface area (Å²) in [5.74, 6) is -1.33. The van der Waals surface area contributed by atoms with E-state index in [0.717, 1.165) is 5.56 Å². The van der Waals surface area contributed by atoms with Crippen molar-refractivity contribution in [3.63, 3.8) is 0 Å². The van der Waals surface area contributed by atoms with Crippen molar-refractivity contribution in [3.8, 4) is 0 Å². The number of aromatic nitrogens is 1. The molecule has 4 N–H and O–H groups in total. The lowest BCUT2D eigenvalue weighted by Gasteiger charge is -2.10. The van der Waals surface area contributed by atoms with Gasteiger partial charge in [0.1, 0.15) is 5.69 Å². The van der Waals surface area contributed by atoms with E-state index in [-0.39, 0.29) is 17.0 Å². The third-order valence-corrected chi connectivity index (χ3v) is 6.50. The van der Waals surface area contributed by atoms with Crippen LogP contribution in [-0.4, -0.2) is 48.4 Å². The largest absolute Gasteiger partial charge is 0.443 e. The van der Waals surface area contributed by atoms with Crippen molar-refractivity contribution in [2.75, 3.05) is 19.0 Å². The summed E-state index contributed by atoms with van der Waals surface area (Å²) < 4.78 is 50.0. The van der Waals surface area contributed by atoms with Crippen molar-refractivity contribution in [2.45, 2.75) is 25.2 Å². The fraction of sp³-hybridized carbons (Fsp3) is 0.240. The first-order valence-corrected chi connectivity index (χ1v) is 12.2. The maximum absolute atomic E-state index is 13.3. The van der Waals surface area contributed by atoms with Crippen molar-refractivity contribution in [3.05, 3.63) is 81.3 Å². The number of aryl methyl sites for hydroxylation is 1. The Kier molecular flexibility index (Phi) is 8.17. The molecule has 1 atom stereocenters. The number of hydrogen-bond donors (Lipinski definition) is 3. The Labute approximate surface area is 219 Å². The molecule has 1 aliphatic rings. The molecule has 0 saturated heterocycles. The number of alkyl halides is 3. The number of hydrogen-bond acceptors (Lipinski definition) is 8. The number of halogens is 3. The Hall–Kier alpha value is -4.10. The molecular weight excluding hydrogens is 521 g/mol. The third kappa shape index (κ3) is 6.23. The molecule has 4 rings (SSSR count). The predicted octanol–water partition coefficient (Wildman–Crippen LogP) is 4.21. The fourth-order valence-electron chi connectivity index (χ4n) is 3.66. The molecule has 9 nitrogen and oxygen atoms in total. The zero-order valence-corrected chi connectivity index (χ0v) is 20.9. The molecule has 0 aliphatic carbocycles. The molecule has 0 spiro atoms. The van der Waals surface area contributed by atoms with Gasteiger partial charge in [0.2, 0.25) is 12.1 Å². The molecular formula is C25H23F3N6O3S. The number of para-hydroxylation sites is 1. The topological polar surface area (TPSA) is 135 Å². The highest BCUT2D eigenvalue weighted by Gasteiger charge is 2.37. The van der Waals surface area contributed by atoms with Gasteiger partial charge in [-0.15, -0.1) is 11.3 Å². The summed E-state index contributed by atoms with van der Waals surface area (Å²) in [6.45, 7) is 0.317. The molecule has 198 valence electrons. The quantitative estimate of drug-likeness (QED) is 0.233. The van der Waals surface area contributed by atoms with Crippen LogP contribution >= 0.6 is 11.3 Å². The summed E-state index contributed by atoms with van der Waals surface area (Å²) in [6.07, 6.45) is -5.46. The molecule has 3 aromatic rings. The summed E-state index contributed by atoms with van der Waals surface area (Å²) in [6, 6.07) is 15.6. The molecule has 1 aliphatic heterocycles. The second kappa shape index (κ2) is 11.5. The lowest BCUT2D eigenvalue weighted by Crippen LogP contribution is -2.29. The Morgan fingerprint density at radius 1 is 1.18 bits per heavy atom. The normalized spacial score (nSPS) is 15.8. The highest BCUT2D eigenvalue weighted by molar-refractivity contribution is 7.12. The molecule has 13 heteroatoms. The molecule has 0 fully saturated rings. The molecule has 0 saturated carbocycles. The Balaban J connectivity index is 1.63. The number of thiazole rings is 1. The fourth-order valence-corrected chi connectivity index (χ4v) is 4.62. The number of nitrogens with two attached hydrogens (primary N) is 1. The van der Waals surface area contributed by atoms with Crippen LogP contribution in [0.1, 0.15) is 33.1 Å². The lowest BCUT2D eigenvalue weighted by atomic mass is 10.0. The van der Waals surface area contributed by atoms with Crippen LogP contribution in [0.4, 0.5) is 18.9 Å². The minimum absolute atomic E-state index is 0.188. The monoisotopic (exact) mass is 544 g/mol. The third-order valence-electron chi connectivity index (χ3n) is 5.34. The molecule has 1 amide bonds. The molecule has 0 radical (unpaired) electrons. The molecule has 1 aromatic heterocycles. The van der Waals surface area contributed by atoms with Gasteiger partial charge >= 0.3 is 6.18 Å². The number of amides is 1. The maximum Gasteiger partial charge on any atom is 0.443 e. The molecule has 2 aromatic carbocycles. The predicted molar refractivity (Wildman–Crippen MR) is 138 cm³/mol. The zero-order valence-electron chi connectivity index (χ0n) is 20.1. The van der Waals surface area contributed by atoms with E-state index in [2.05, 4.69) is 20.3 Å². The minimum atomic E-state index is -4.69. The van der Waals surface area contributed by atoms with Crippen LogP contribution in [0.25, 0.3) is 0 Å². The number of rotatable bonds is 7. The maximum atomic E-state index is 13.3. The smallest absolute Gasteiger partial charge is 0.405 e. The summed E-state index contributed by atoms with van der Waals surface area (Å²) in [5.41, 5.74) is 7.97. The average molecular weight is 545 g/mol. The number of aliphatic imine (C=N–C) groups is 2. The number of nitrogens with zero attached hydrogens (tertiary/aromatic N) is 3. The summed E-state index contributed by atoms with van der Waals surface area (Å²) in [7, 11) is 1.48. The first kappa shape index (κ1) is 26.9. The van der Waals surface area contributed by atoms with Gasteiger partial charge in [-0.3, -0.25) is 10.2 Å². The van der Waals surface area contributed by atoms with Crippen LogP contribution in [-0.2, 0) is 26.9 Å². The number of benzene rings is 2. The van der Waals surface area contributed by atoms with E-state index < -0.39 is 35.2 Å². The first-order valence-electron chi connectivity index (χ1n) is 11.4. The number of methoxy groups -OCH3 is 1. The van der Waals surface area contributed by atoms with Gasteiger partial charge in [0, 0.05) is 29.7 Å². The first-order chi connectivity index (χ1) is 18.2. The summed E-state index contributed by atoms with van der Waals surface area (Å²) in [4.78, 5) is 25.2. The molecule has 0 bridgehead atoms. The van der Waals surface area contributed by atoms with Gasteiger partial charge in [-0.05, 0) is 18.9 Å². The molecule has 38 heavy (non-hydrogen) atoms. The van der Waals surface area contributed by atoms with Gasteiger partial charge in [-0.25, -0.2) is 9.98 Å². The van der Waals surface area contributed by atoms with Crippen molar-refractivity contribution in [1.29, 1.82) is 5.41 Å². The van der Waals surface area contributed by atoms with E-state index in [1.54, 1.807) is 24.3 Å². The summed E-state index contributed by atoms with van der Waals surface area (Å²) >= 11 is 0.423. The molecule has 2 heterocycles. The highest BCUT2D eigenvalue weighted by atomic mass is 32.1. The number of carbonyl (C=O) groups is 1. The van der Waals surface area contributed by atoms with Gasteiger partial charge in [0.15, 0.2) is 5.01 Å². The minimum Gasteiger partial charge on any atom is -0.405 e. The van der Waals surface area contributed by atoms with Crippen LogP contribution in [0.2, 0.25) is 0 Å². The zero-order chi connectivity index (χ0) is 27.3. The molecule has 0 unspecified atom stereocenters. The number of carbonyl (C=O) groups excluding carboxylic acids is 1. The van der Waals surface area contributed by atoms with Crippen molar-refractivity contribution in [2.24, 2.45) is 15.7 Å².